The predicted octanol–water partition coefficient (Wildman–Crippen LogP) is 3.93. The van der Waals surface area contributed by atoms with Gasteiger partial charge in [0.25, 0.3) is 0 Å². The molecular weight excluding hydrogens is 292 g/mol. The second-order valence-electron chi connectivity index (χ2n) is 4.19. The van der Waals surface area contributed by atoms with Gasteiger partial charge in [0.05, 0.1) is 9.50 Å². The summed E-state index contributed by atoms with van der Waals surface area (Å²) < 4.78 is 14.0. The number of nitrogens with one attached hydrogen (secondary N) is 1. The van der Waals surface area contributed by atoms with Crippen molar-refractivity contribution in [2.75, 3.05) is 6.54 Å². The van der Waals surface area contributed by atoms with Crippen molar-refractivity contribution in [3.63, 3.8) is 0 Å². The van der Waals surface area contributed by atoms with E-state index < -0.39 is 0 Å². The van der Waals surface area contributed by atoms with E-state index in [0.717, 1.165) is 24.9 Å². The van der Waals surface area contributed by atoms with Crippen molar-refractivity contribution in [1.82, 2.24) is 5.32 Å². The molecule has 1 N–H and O–H groups in total. The molecule has 0 saturated carbocycles. The number of halogens is 3. The molecule has 0 aromatic heterocycles. The van der Waals surface area contributed by atoms with Crippen LogP contribution in [0.15, 0.2) is 16.6 Å². The van der Waals surface area contributed by atoms with Crippen molar-refractivity contribution in [1.29, 1.82) is 0 Å². The van der Waals surface area contributed by atoms with Crippen molar-refractivity contribution >= 4 is 27.5 Å². The van der Waals surface area contributed by atoms with Gasteiger partial charge < -0.3 is 5.32 Å². The molecule has 88 valence electrons. The third-order valence-electron chi connectivity index (χ3n) is 2.99. The lowest BCUT2D eigenvalue weighted by Crippen LogP contribution is -2.35. The van der Waals surface area contributed by atoms with Gasteiger partial charge in [-0.15, -0.1) is 0 Å². The Morgan fingerprint density at radius 1 is 1.44 bits per heavy atom. The van der Waals surface area contributed by atoms with Crippen LogP contribution >= 0.6 is 27.5 Å². The first kappa shape index (κ1) is 12.3. The van der Waals surface area contributed by atoms with E-state index in [1.165, 1.54) is 12.8 Å². The molecule has 1 saturated heterocycles. The highest BCUT2D eigenvalue weighted by Gasteiger charge is 2.16. The van der Waals surface area contributed by atoms with Crippen molar-refractivity contribution in [3.05, 3.63) is 33.0 Å². The SMILES string of the molecule is Fc1c(Br)ccc(CC2CCCCN2)c1Cl. The molecule has 0 radical (unpaired) electrons. The van der Waals surface area contributed by atoms with Gasteiger partial charge in [-0.25, -0.2) is 4.39 Å². The molecule has 2 rings (SSSR count). The first-order valence-electron chi connectivity index (χ1n) is 5.54. The fourth-order valence-corrected chi connectivity index (χ4v) is 2.77. The quantitative estimate of drug-likeness (QED) is 0.817. The first-order chi connectivity index (χ1) is 7.68. The molecule has 1 nitrogen and oxygen atoms in total. The maximum absolute atomic E-state index is 13.5. The Morgan fingerprint density at radius 3 is 2.94 bits per heavy atom. The smallest absolute Gasteiger partial charge is 0.156 e. The molecule has 1 heterocycles. The molecule has 16 heavy (non-hydrogen) atoms. The molecule has 0 bridgehead atoms. The van der Waals surface area contributed by atoms with Gasteiger partial charge in [0, 0.05) is 6.04 Å². The Kier molecular flexibility index (Phi) is 4.22. The molecule has 1 atom stereocenters. The number of benzene rings is 1. The largest absolute Gasteiger partial charge is 0.314 e. The maximum Gasteiger partial charge on any atom is 0.156 e. The molecule has 0 amide bonds. The van der Waals surface area contributed by atoms with Gasteiger partial charge in [-0.2, -0.15) is 0 Å². The fraction of sp³-hybridized carbons (Fsp3) is 0.500. The van der Waals surface area contributed by atoms with Gasteiger partial charge in [-0.3, -0.25) is 0 Å². The van der Waals surface area contributed by atoms with Gasteiger partial charge in [-0.05, 0) is 53.4 Å². The second kappa shape index (κ2) is 5.48. The van der Waals surface area contributed by atoms with Gasteiger partial charge in [-0.1, -0.05) is 24.1 Å². The second-order valence-corrected chi connectivity index (χ2v) is 5.42. The van der Waals surface area contributed by atoms with Crippen LogP contribution < -0.4 is 5.32 Å². The van der Waals surface area contributed by atoms with Crippen LogP contribution in [-0.2, 0) is 6.42 Å². The van der Waals surface area contributed by atoms with Crippen molar-refractivity contribution in [2.45, 2.75) is 31.7 Å². The zero-order valence-corrected chi connectivity index (χ0v) is 11.2. The number of hydrogen-bond donors (Lipinski definition) is 1. The van der Waals surface area contributed by atoms with E-state index in [2.05, 4.69) is 21.2 Å². The summed E-state index contributed by atoms with van der Waals surface area (Å²) in [6, 6.07) is 4.05. The molecule has 1 aromatic rings. The molecule has 4 heteroatoms. The predicted molar refractivity (Wildman–Crippen MR) is 68.5 cm³/mol. The Balaban J connectivity index is 2.11. The van der Waals surface area contributed by atoms with Crippen LogP contribution in [-0.4, -0.2) is 12.6 Å². The Hall–Kier alpha value is -0.120. The van der Waals surface area contributed by atoms with Crippen molar-refractivity contribution in [2.24, 2.45) is 0 Å². The van der Waals surface area contributed by atoms with Crippen molar-refractivity contribution < 1.29 is 4.39 Å². The minimum absolute atomic E-state index is 0.252. The van der Waals surface area contributed by atoms with Gasteiger partial charge in [0.2, 0.25) is 0 Å². The summed E-state index contributed by atoms with van der Waals surface area (Å²) >= 11 is 9.12. The van der Waals surface area contributed by atoms with Gasteiger partial charge in [0.15, 0.2) is 5.82 Å². The van der Waals surface area contributed by atoms with E-state index in [-0.39, 0.29) is 10.8 Å². The van der Waals surface area contributed by atoms with Crippen LogP contribution in [0.3, 0.4) is 0 Å². The number of piperidine rings is 1. The molecule has 1 unspecified atom stereocenters. The average Bonchev–Trinajstić information content (AvgIpc) is 2.31. The molecule has 1 fully saturated rings. The molecule has 0 spiro atoms. The van der Waals surface area contributed by atoms with Crippen molar-refractivity contribution in [3.8, 4) is 0 Å². The standard InChI is InChI=1S/C12H14BrClFN/c13-10-5-4-8(11(14)12(10)15)7-9-3-1-2-6-16-9/h4-5,9,16H,1-3,6-7H2. The Morgan fingerprint density at radius 2 is 2.25 bits per heavy atom. The Bertz CT molecular complexity index is 378. The third-order valence-corrected chi connectivity index (χ3v) is 4.01. The van der Waals surface area contributed by atoms with Crippen LogP contribution in [0.1, 0.15) is 24.8 Å². The van der Waals surface area contributed by atoms with Crippen LogP contribution in [0.25, 0.3) is 0 Å². The summed E-state index contributed by atoms with van der Waals surface area (Å²) in [7, 11) is 0. The summed E-state index contributed by atoms with van der Waals surface area (Å²) in [5.74, 6) is -0.352. The topological polar surface area (TPSA) is 12.0 Å². The maximum atomic E-state index is 13.5. The first-order valence-corrected chi connectivity index (χ1v) is 6.71. The summed E-state index contributed by atoms with van der Waals surface area (Å²) in [6.45, 7) is 1.06. The minimum atomic E-state index is -0.352. The zero-order chi connectivity index (χ0) is 11.5. The van der Waals surface area contributed by atoms with E-state index in [4.69, 9.17) is 11.6 Å². The lowest BCUT2D eigenvalue weighted by molar-refractivity contribution is 0.399. The Labute approximate surface area is 109 Å². The molecule has 1 aliphatic heterocycles. The average molecular weight is 307 g/mol. The van der Waals surface area contributed by atoms with E-state index in [1.807, 2.05) is 6.07 Å². The third kappa shape index (κ3) is 2.76. The molecule has 1 aliphatic rings. The fourth-order valence-electron chi connectivity index (χ4n) is 2.09. The highest BCUT2D eigenvalue weighted by Crippen LogP contribution is 2.28. The van der Waals surface area contributed by atoms with E-state index in [9.17, 15) is 4.39 Å². The van der Waals surface area contributed by atoms with Gasteiger partial charge >= 0.3 is 0 Å². The monoisotopic (exact) mass is 305 g/mol. The van der Waals surface area contributed by atoms with Gasteiger partial charge in [0.1, 0.15) is 0 Å². The van der Waals surface area contributed by atoms with E-state index in [1.54, 1.807) is 6.07 Å². The normalized spacial score (nSPS) is 21.1. The molecule has 0 aliphatic carbocycles. The minimum Gasteiger partial charge on any atom is -0.314 e. The van der Waals surface area contributed by atoms with E-state index in [0.29, 0.717) is 10.5 Å². The van der Waals surface area contributed by atoms with E-state index >= 15 is 0 Å². The van der Waals surface area contributed by atoms with Crippen LogP contribution in [0.5, 0.6) is 0 Å². The molecule has 1 aromatic carbocycles. The lowest BCUT2D eigenvalue weighted by atomic mass is 9.98. The van der Waals surface area contributed by atoms with Crippen LogP contribution in [0, 0.1) is 5.82 Å². The van der Waals surface area contributed by atoms with Crippen LogP contribution in [0.2, 0.25) is 5.02 Å². The summed E-state index contributed by atoms with van der Waals surface area (Å²) in [4.78, 5) is 0. The summed E-state index contributed by atoms with van der Waals surface area (Å²) in [5.41, 5.74) is 0.891. The highest BCUT2D eigenvalue weighted by molar-refractivity contribution is 9.10. The summed E-state index contributed by atoms with van der Waals surface area (Å²) in [6.07, 6.45) is 4.43. The highest BCUT2D eigenvalue weighted by atomic mass is 79.9. The lowest BCUT2D eigenvalue weighted by Gasteiger charge is -2.23. The summed E-state index contributed by atoms with van der Waals surface area (Å²) in [5, 5.41) is 3.69. The van der Waals surface area contributed by atoms with Crippen LogP contribution in [0.4, 0.5) is 4.39 Å². The molecular formula is C12H14BrClFN. The number of rotatable bonds is 2. The zero-order valence-electron chi connectivity index (χ0n) is 8.90. The number of hydrogen-bond acceptors (Lipinski definition) is 1.